The zero-order valence-corrected chi connectivity index (χ0v) is 25.7. The monoisotopic (exact) mass is 576 g/mol. The van der Waals surface area contributed by atoms with Crippen molar-refractivity contribution in [2.45, 2.75) is 97.9 Å². The minimum Gasteiger partial charge on any atom is -0.412 e. The third-order valence-electron chi connectivity index (χ3n) is 9.10. The summed E-state index contributed by atoms with van der Waals surface area (Å²) in [5, 5.41) is 3.53. The van der Waals surface area contributed by atoms with E-state index in [0.29, 0.717) is 11.3 Å². The molecule has 9 heteroatoms. The molecule has 0 unspecified atom stereocenters. The van der Waals surface area contributed by atoms with Crippen LogP contribution in [0.4, 0.5) is 0 Å². The first-order chi connectivity index (χ1) is 17.0. The van der Waals surface area contributed by atoms with E-state index in [0.717, 1.165) is 70.9 Å². The summed E-state index contributed by atoms with van der Waals surface area (Å²) in [5.41, 5.74) is 0.0851. The molecule has 5 N–H and O–H groups in total. The van der Waals surface area contributed by atoms with Gasteiger partial charge in [-0.2, -0.15) is 0 Å². The maximum atomic E-state index is 13.7. The first kappa shape index (κ1) is 38.1. The SMILES string of the molecule is C.CC(C)[C@@H](NC(=O)[C@@H]1CCN(CCCCN(C)C)C1)C(=O)N1CC[C@H](C2CCC(Cl)CC2)C(C)(C)C1.O.O. The van der Waals surface area contributed by atoms with Crippen LogP contribution in [0.5, 0.6) is 0 Å². The predicted molar refractivity (Wildman–Crippen MR) is 163 cm³/mol. The Balaban J connectivity index is 0.00000481. The van der Waals surface area contributed by atoms with E-state index in [4.69, 9.17) is 11.6 Å². The fourth-order valence-electron chi connectivity index (χ4n) is 6.91. The lowest BCUT2D eigenvalue weighted by Crippen LogP contribution is -2.57. The zero-order valence-electron chi connectivity index (χ0n) is 24.9. The van der Waals surface area contributed by atoms with Gasteiger partial charge in [0.05, 0.1) is 5.92 Å². The lowest BCUT2D eigenvalue weighted by atomic mass is 9.64. The first-order valence-electron chi connectivity index (χ1n) is 14.6. The molecular formula is C30H61ClN4O4. The standard InChI is InChI=1S/C29H53ClN4O2.CH4.2H2O/c1-21(2)26(31-27(35)23-13-17-33(19-23)16-8-7-15-32(5)6)28(36)34-18-14-25(29(3,4)20-34)22-9-11-24(30)12-10-22;;;/h21-26H,7-20H2,1-6H3,(H,31,35);1H4;2*1H2/t22?,23-,24?,25-,26-;;;/m1.../s1. The fourth-order valence-corrected chi connectivity index (χ4v) is 7.16. The van der Waals surface area contributed by atoms with Crippen LogP contribution < -0.4 is 5.32 Å². The number of amides is 2. The molecule has 0 spiro atoms. The number of carbonyl (C=O) groups is 2. The molecule has 0 bridgehead atoms. The zero-order chi connectivity index (χ0) is 26.5. The number of hydrogen-bond acceptors (Lipinski definition) is 4. The summed E-state index contributed by atoms with van der Waals surface area (Å²) >= 11 is 6.36. The molecule has 0 aromatic rings. The van der Waals surface area contributed by atoms with Gasteiger partial charge < -0.3 is 31.0 Å². The molecule has 1 aliphatic carbocycles. The van der Waals surface area contributed by atoms with Crippen molar-refractivity contribution in [2.75, 3.05) is 53.4 Å². The van der Waals surface area contributed by atoms with Gasteiger partial charge in [0.2, 0.25) is 11.8 Å². The van der Waals surface area contributed by atoms with Gasteiger partial charge in [-0.05, 0) is 108 Å². The van der Waals surface area contributed by atoms with Gasteiger partial charge in [-0.25, -0.2) is 0 Å². The minimum atomic E-state index is -0.439. The highest BCUT2D eigenvalue weighted by molar-refractivity contribution is 6.20. The van der Waals surface area contributed by atoms with Crippen molar-refractivity contribution in [3.8, 4) is 0 Å². The second-order valence-corrected chi connectivity index (χ2v) is 13.8. The number of piperidine rings is 1. The fraction of sp³-hybridized carbons (Fsp3) is 0.933. The number of rotatable bonds is 10. The van der Waals surface area contributed by atoms with Crippen LogP contribution in [0.2, 0.25) is 0 Å². The van der Waals surface area contributed by atoms with Crippen LogP contribution in [-0.2, 0) is 9.59 Å². The molecule has 0 aromatic carbocycles. The maximum Gasteiger partial charge on any atom is 0.245 e. The van der Waals surface area contributed by atoms with Gasteiger partial charge in [0, 0.05) is 25.0 Å². The van der Waals surface area contributed by atoms with Crippen LogP contribution in [0.1, 0.15) is 86.5 Å². The van der Waals surface area contributed by atoms with Gasteiger partial charge in [0.15, 0.2) is 0 Å². The van der Waals surface area contributed by atoms with Gasteiger partial charge in [0.1, 0.15) is 6.04 Å². The average molecular weight is 577 g/mol. The van der Waals surface area contributed by atoms with Crippen LogP contribution in [0, 0.1) is 29.1 Å². The lowest BCUT2D eigenvalue weighted by molar-refractivity contribution is -0.143. The largest absolute Gasteiger partial charge is 0.412 e. The number of likely N-dealkylation sites (tertiary alicyclic amines) is 2. The molecule has 2 aliphatic heterocycles. The molecule has 3 fully saturated rings. The quantitative estimate of drug-likeness (QED) is 0.316. The first-order valence-corrected chi connectivity index (χ1v) is 15.0. The lowest BCUT2D eigenvalue weighted by Gasteiger charge is -2.49. The summed E-state index contributed by atoms with van der Waals surface area (Å²) in [6.45, 7) is 14.3. The Bertz CT molecular complexity index is 728. The topological polar surface area (TPSA) is 119 Å². The van der Waals surface area contributed by atoms with E-state index in [1.807, 2.05) is 4.90 Å². The van der Waals surface area contributed by atoms with Crippen LogP contribution >= 0.6 is 11.6 Å². The van der Waals surface area contributed by atoms with Crippen molar-refractivity contribution in [3.05, 3.63) is 0 Å². The highest BCUT2D eigenvalue weighted by Crippen LogP contribution is 2.45. The molecule has 0 radical (unpaired) electrons. The van der Waals surface area contributed by atoms with E-state index >= 15 is 0 Å². The highest BCUT2D eigenvalue weighted by atomic mass is 35.5. The number of alkyl halides is 1. The van der Waals surface area contributed by atoms with Gasteiger partial charge in [-0.1, -0.05) is 35.1 Å². The molecule has 232 valence electrons. The Morgan fingerprint density at radius 3 is 2.21 bits per heavy atom. The van der Waals surface area contributed by atoms with Crippen LogP contribution in [-0.4, -0.2) is 102 Å². The summed E-state index contributed by atoms with van der Waals surface area (Å²) in [6.07, 6.45) is 8.98. The van der Waals surface area contributed by atoms with Gasteiger partial charge in [-0.15, -0.1) is 11.6 Å². The van der Waals surface area contributed by atoms with Crippen molar-refractivity contribution < 1.29 is 20.5 Å². The van der Waals surface area contributed by atoms with E-state index in [2.05, 4.69) is 56.9 Å². The van der Waals surface area contributed by atoms with E-state index in [1.165, 1.54) is 25.7 Å². The summed E-state index contributed by atoms with van der Waals surface area (Å²) < 4.78 is 0. The number of carbonyl (C=O) groups excluding carboxylic acids is 2. The molecule has 3 rings (SSSR count). The summed E-state index contributed by atoms with van der Waals surface area (Å²) in [6, 6.07) is -0.439. The van der Waals surface area contributed by atoms with Crippen molar-refractivity contribution in [1.29, 1.82) is 0 Å². The van der Waals surface area contributed by atoms with Gasteiger partial charge in [0.25, 0.3) is 0 Å². The summed E-state index contributed by atoms with van der Waals surface area (Å²) in [7, 11) is 4.22. The molecule has 2 saturated heterocycles. The van der Waals surface area contributed by atoms with E-state index in [9.17, 15) is 9.59 Å². The Morgan fingerprint density at radius 1 is 1.00 bits per heavy atom. The molecule has 2 heterocycles. The highest BCUT2D eigenvalue weighted by Gasteiger charge is 2.44. The predicted octanol–water partition coefficient (Wildman–Crippen LogP) is 3.45. The number of halogens is 1. The normalized spacial score (nSPS) is 27.8. The smallest absolute Gasteiger partial charge is 0.245 e. The number of nitrogens with one attached hydrogen (secondary N) is 1. The Morgan fingerprint density at radius 2 is 1.64 bits per heavy atom. The van der Waals surface area contributed by atoms with Crippen molar-refractivity contribution >= 4 is 23.4 Å². The molecule has 3 aliphatic rings. The number of nitrogens with zero attached hydrogens (tertiary/aromatic N) is 3. The number of unbranched alkanes of at least 4 members (excludes halogenated alkanes) is 1. The summed E-state index contributed by atoms with van der Waals surface area (Å²) in [4.78, 5) is 33.6. The molecule has 1 saturated carbocycles. The van der Waals surface area contributed by atoms with E-state index in [-0.39, 0.29) is 47.4 Å². The van der Waals surface area contributed by atoms with Crippen LogP contribution in [0.15, 0.2) is 0 Å². The molecule has 3 atom stereocenters. The third-order valence-corrected chi connectivity index (χ3v) is 9.53. The maximum absolute atomic E-state index is 13.7. The van der Waals surface area contributed by atoms with Crippen LogP contribution in [0.25, 0.3) is 0 Å². The second kappa shape index (κ2) is 17.1. The van der Waals surface area contributed by atoms with Gasteiger partial charge in [-0.3, -0.25) is 9.59 Å². The Hall–Kier alpha value is -0.930. The molecule has 8 nitrogen and oxygen atoms in total. The Labute approximate surface area is 244 Å². The second-order valence-electron chi connectivity index (χ2n) is 13.2. The minimum absolute atomic E-state index is 0. The van der Waals surface area contributed by atoms with E-state index < -0.39 is 6.04 Å². The van der Waals surface area contributed by atoms with Crippen molar-refractivity contribution in [1.82, 2.24) is 20.0 Å². The van der Waals surface area contributed by atoms with Gasteiger partial charge >= 0.3 is 0 Å². The van der Waals surface area contributed by atoms with Crippen molar-refractivity contribution in [3.63, 3.8) is 0 Å². The van der Waals surface area contributed by atoms with E-state index in [1.54, 1.807) is 0 Å². The van der Waals surface area contributed by atoms with Crippen LogP contribution in [0.3, 0.4) is 0 Å². The van der Waals surface area contributed by atoms with Crippen molar-refractivity contribution in [2.24, 2.45) is 29.1 Å². The average Bonchev–Trinajstić information content (AvgIpc) is 3.29. The molecule has 0 aromatic heterocycles. The summed E-state index contributed by atoms with van der Waals surface area (Å²) in [5.74, 6) is 1.59. The number of hydrogen-bond donors (Lipinski definition) is 1. The molecule has 2 amide bonds. The Kier molecular flexibility index (Phi) is 16.7. The molecule has 39 heavy (non-hydrogen) atoms. The third kappa shape index (κ3) is 10.8. The molecular weight excluding hydrogens is 516 g/mol.